The van der Waals surface area contributed by atoms with Gasteiger partial charge >= 0.3 is 0 Å². The number of likely N-dealkylation sites (N-methyl/N-ethyl adjacent to an activating group) is 1. The Bertz CT molecular complexity index is 358. The van der Waals surface area contributed by atoms with Gasteiger partial charge in [-0.3, -0.25) is 0 Å². The molecule has 0 spiro atoms. The molecule has 1 aliphatic rings. The van der Waals surface area contributed by atoms with Gasteiger partial charge in [-0.05, 0) is 25.9 Å². The fourth-order valence-electron chi connectivity index (χ4n) is 2.17. The fourth-order valence-corrected chi connectivity index (χ4v) is 2.17. The number of ether oxygens (including phenoxy) is 1. The maximum atomic E-state index is 5.08. The zero-order chi connectivity index (χ0) is 12.1. The van der Waals surface area contributed by atoms with Crippen molar-refractivity contribution in [3.8, 4) is 5.88 Å². The second-order valence-electron chi connectivity index (χ2n) is 4.30. The average Bonchev–Trinajstić information content (AvgIpc) is 2.39. The monoisotopic (exact) mass is 236 g/mol. The predicted octanol–water partition coefficient (Wildman–Crippen LogP) is 1.38. The minimum absolute atomic E-state index is 0.441. The van der Waals surface area contributed by atoms with Gasteiger partial charge in [0.25, 0.3) is 0 Å². The number of rotatable bonds is 4. The first-order chi connectivity index (χ1) is 8.31. The lowest BCUT2D eigenvalue weighted by molar-refractivity contribution is 0.226. The van der Waals surface area contributed by atoms with Crippen LogP contribution in [0.2, 0.25) is 0 Å². The molecule has 1 atom stereocenters. The minimum atomic E-state index is 0.441. The van der Waals surface area contributed by atoms with E-state index in [4.69, 9.17) is 4.74 Å². The lowest BCUT2D eigenvalue weighted by atomic mass is 10.1. The number of hydrogen-bond acceptors (Lipinski definition) is 5. The average molecular weight is 236 g/mol. The zero-order valence-corrected chi connectivity index (χ0v) is 10.5. The Morgan fingerprint density at radius 1 is 1.59 bits per heavy atom. The van der Waals surface area contributed by atoms with Crippen LogP contribution in [0.15, 0.2) is 12.3 Å². The molecule has 17 heavy (non-hydrogen) atoms. The van der Waals surface area contributed by atoms with E-state index in [0.29, 0.717) is 17.9 Å². The molecule has 2 rings (SSSR count). The Balaban J connectivity index is 1.95. The smallest absolute Gasteiger partial charge is 0.226 e. The van der Waals surface area contributed by atoms with E-state index in [1.807, 2.05) is 0 Å². The molecule has 94 valence electrons. The molecule has 0 aromatic carbocycles. The summed E-state index contributed by atoms with van der Waals surface area (Å²) in [5.74, 6) is 1.26. The number of likely N-dealkylation sites (tertiary alicyclic amines) is 1. The summed E-state index contributed by atoms with van der Waals surface area (Å²) in [4.78, 5) is 10.9. The van der Waals surface area contributed by atoms with Crippen molar-refractivity contribution in [2.75, 3.05) is 32.1 Å². The molecule has 5 nitrogen and oxygen atoms in total. The van der Waals surface area contributed by atoms with Crippen molar-refractivity contribution in [1.82, 2.24) is 14.9 Å². The molecule has 2 heterocycles. The summed E-state index contributed by atoms with van der Waals surface area (Å²) in [6.45, 7) is 5.58. The molecule has 5 heteroatoms. The number of piperidine rings is 1. The molecule has 0 radical (unpaired) electrons. The summed E-state index contributed by atoms with van der Waals surface area (Å²) in [5, 5.41) is 3.38. The summed E-state index contributed by atoms with van der Waals surface area (Å²) in [6.07, 6.45) is 4.13. The van der Waals surface area contributed by atoms with Crippen molar-refractivity contribution >= 4 is 5.95 Å². The van der Waals surface area contributed by atoms with E-state index in [1.165, 1.54) is 19.4 Å². The molecule has 0 saturated carbocycles. The lowest BCUT2D eigenvalue weighted by Gasteiger charge is -2.32. The second-order valence-corrected chi connectivity index (χ2v) is 4.30. The summed E-state index contributed by atoms with van der Waals surface area (Å²) in [7, 11) is 1.62. The molecule has 1 aromatic rings. The first-order valence-corrected chi connectivity index (χ1v) is 6.17. The van der Waals surface area contributed by atoms with Crippen molar-refractivity contribution in [3.63, 3.8) is 0 Å². The van der Waals surface area contributed by atoms with Crippen molar-refractivity contribution in [2.24, 2.45) is 0 Å². The molecular formula is C12H20N4O. The van der Waals surface area contributed by atoms with Crippen LogP contribution < -0.4 is 10.1 Å². The number of hydrogen-bond donors (Lipinski definition) is 1. The second kappa shape index (κ2) is 5.82. The van der Waals surface area contributed by atoms with Gasteiger partial charge in [0, 0.05) is 24.8 Å². The van der Waals surface area contributed by atoms with E-state index >= 15 is 0 Å². The third kappa shape index (κ3) is 3.30. The van der Waals surface area contributed by atoms with E-state index in [0.717, 1.165) is 13.1 Å². The molecule has 1 unspecified atom stereocenters. The van der Waals surface area contributed by atoms with Gasteiger partial charge in [-0.1, -0.05) is 6.92 Å². The first kappa shape index (κ1) is 12.1. The lowest BCUT2D eigenvalue weighted by Crippen LogP contribution is -2.42. The molecular weight excluding hydrogens is 216 g/mol. The largest absolute Gasteiger partial charge is 0.481 e. The maximum absolute atomic E-state index is 5.08. The Kier molecular flexibility index (Phi) is 4.14. The highest BCUT2D eigenvalue weighted by Crippen LogP contribution is 2.14. The maximum Gasteiger partial charge on any atom is 0.226 e. The molecule has 1 N–H and O–H groups in total. The van der Waals surface area contributed by atoms with Crippen LogP contribution in [0.1, 0.15) is 19.8 Å². The Morgan fingerprint density at radius 3 is 3.24 bits per heavy atom. The van der Waals surface area contributed by atoms with Gasteiger partial charge in [-0.2, -0.15) is 4.98 Å². The number of nitrogens with one attached hydrogen (secondary N) is 1. The van der Waals surface area contributed by atoms with Gasteiger partial charge in [0.15, 0.2) is 0 Å². The summed E-state index contributed by atoms with van der Waals surface area (Å²) >= 11 is 0. The van der Waals surface area contributed by atoms with Crippen LogP contribution in [0, 0.1) is 0 Å². The normalized spacial score (nSPS) is 21.2. The Morgan fingerprint density at radius 2 is 2.47 bits per heavy atom. The first-order valence-electron chi connectivity index (χ1n) is 6.17. The Hall–Kier alpha value is -1.36. The molecule has 1 aromatic heterocycles. The van der Waals surface area contributed by atoms with Crippen molar-refractivity contribution < 1.29 is 4.74 Å². The van der Waals surface area contributed by atoms with E-state index in [1.54, 1.807) is 19.4 Å². The zero-order valence-electron chi connectivity index (χ0n) is 10.5. The minimum Gasteiger partial charge on any atom is -0.481 e. The van der Waals surface area contributed by atoms with Crippen LogP contribution in [0.3, 0.4) is 0 Å². The van der Waals surface area contributed by atoms with Crippen molar-refractivity contribution in [2.45, 2.75) is 25.8 Å². The molecule has 1 fully saturated rings. The van der Waals surface area contributed by atoms with Crippen LogP contribution >= 0.6 is 0 Å². The number of aromatic nitrogens is 2. The summed E-state index contributed by atoms with van der Waals surface area (Å²) in [5.41, 5.74) is 0. The molecule has 0 bridgehead atoms. The van der Waals surface area contributed by atoms with Crippen LogP contribution in [-0.2, 0) is 0 Å². The highest BCUT2D eigenvalue weighted by Gasteiger charge is 2.19. The van der Waals surface area contributed by atoms with E-state index < -0.39 is 0 Å². The van der Waals surface area contributed by atoms with Gasteiger partial charge < -0.3 is 15.0 Å². The van der Waals surface area contributed by atoms with Crippen LogP contribution in [0.5, 0.6) is 5.88 Å². The highest BCUT2D eigenvalue weighted by atomic mass is 16.5. The van der Waals surface area contributed by atoms with Gasteiger partial charge in [0.1, 0.15) is 0 Å². The highest BCUT2D eigenvalue weighted by molar-refractivity contribution is 5.29. The van der Waals surface area contributed by atoms with Crippen LogP contribution in [-0.4, -0.2) is 47.7 Å². The van der Waals surface area contributed by atoms with Gasteiger partial charge in [0.05, 0.1) is 7.11 Å². The van der Waals surface area contributed by atoms with E-state index in [9.17, 15) is 0 Å². The quantitative estimate of drug-likeness (QED) is 0.856. The van der Waals surface area contributed by atoms with Gasteiger partial charge in [0.2, 0.25) is 11.8 Å². The van der Waals surface area contributed by atoms with E-state index in [2.05, 4.69) is 27.1 Å². The summed E-state index contributed by atoms with van der Waals surface area (Å²) in [6, 6.07) is 2.19. The van der Waals surface area contributed by atoms with Gasteiger partial charge in [-0.15, -0.1) is 0 Å². The Labute approximate surface area is 102 Å². The third-order valence-electron chi connectivity index (χ3n) is 3.13. The topological polar surface area (TPSA) is 50.3 Å². The van der Waals surface area contributed by atoms with E-state index in [-0.39, 0.29) is 0 Å². The van der Waals surface area contributed by atoms with Crippen molar-refractivity contribution in [1.29, 1.82) is 0 Å². The standard InChI is InChI=1S/C12H20N4O/c1-3-16-8-4-5-10(9-16)14-12-13-7-6-11(15-12)17-2/h6-7,10H,3-5,8-9H2,1-2H3,(H,13,14,15). The van der Waals surface area contributed by atoms with Crippen LogP contribution in [0.25, 0.3) is 0 Å². The molecule has 1 aliphatic heterocycles. The van der Waals surface area contributed by atoms with Crippen molar-refractivity contribution in [3.05, 3.63) is 12.3 Å². The summed E-state index contributed by atoms with van der Waals surface area (Å²) < 4.78 is 5.08. The van der Waals surface area contributed by atoms with Gasteiger partial charge in [-0.25, -0.2) is 4.98 Å². The predicted molar refractivity (Wildman–Crippen MR) is 67.3 cm³/mol. The number of methoxy groups -OCH3 is 1. The third-order valence-corrected chi connectivity index (χ3v) is 3.13. The molecule has 1 saturated heterocycles. The molecule has 0 amide bonds. The number of anilines is 1. The van der Waals surface area contributed by atoms with Crippen LogP contribution in [0.4, 0.5) is 5.95 Å². The SMILES string of the molecule is CCN1CCCC(Nc2nccc(OC)n2)C1. The molecule has 0 aliphatic carbocycles. The fraction of sp³-hybridized carbons (Fsp3) is 0.667. The number of nitrogens with zero attached hydrogens (tertiary/aromatic N) is 3.